The third-order valence-electron chi connectivity index (χ3n) is 4.60. The molecule has 1 aromatic carbocycles. The molecule has 2 unspecified atom stereocenters. The Labute approximate surface area is 123 Å². The maximum atomic E-state index is 11.4. The van der Waals surface area contributed by atoms with Crippen LogP contribution in [0.1, 0.15) is 36.0 Å². The topological polar surface area (TPSA) is 75.3 Å². The lowest BCUT2D eigenvalue weighted by atomic mass is 9.79. The third-order valence-corrected chi connectivity index (χ3v) is 4.60. The van der Waals surface area contributed by atoms with Gasteiger partial charge >= 0.3 is 5.97 Å². The summed E-state index contributed by atoms with van der Waals surface area (Å²) in [6.45, 7) is 0.940. The van der Waals surface area contributed by atoms with Gasteiger partial charge in [0.1, 0.15) is 0 Å². The molecule has 0 aliphatic heterocycles. The number of hydrogen-bond acceptors (Lipinski definition) is 3. The molecular formula is C16H20N2O3. The number of nitrogens with zero attached hydrogens (tertiary/aromatic N) is 2. The van der Waals surface area contributed by atoms with Crippen LogP contribution in [-0.4, -0.2) is 32.3 Å². The molecule has 0 radical (unpaired) electrons. The second-order valence-corrected chi connectivity index (χ2v) is 5.86. The van der Waals surface area contributed by atoms with Crippen LogP contribution >= 0.6 is 0 Å². The van der Waals surface area contributed by atoms with Crippen LogP contribution in [0.2, 0.25) is 0 Å². The molecule has 1 saturated carbocycles. The summed E-state index contributed by atoms with van der Waals surface area (Å²) < 4.78 is 1.94. The van der Waals surface area contributed by atoms with Crippen LogP contribution in [-0.2, 0) is 6.54 Å². The highest BCUT2D eigenvalue weighted by atomic mass is 16.4. The third kappa shape index (κ3) is 2.65. The predicted molar refractivity (Wildman–Crippen MR) is 79.2 cm³/mol. The molecule has 1 aliphatic rings. The fraction of sp³-hybridized carbons (Fsp3) is 0.500. The molecular weight excluding hydrogens is 268 g/mol. The van der Waals surface area contributed by atoms with Crippen molar-refractivity contribution in [2.24, 2.45) is 11.8 Å². The average molecular weight is 288 g/mol. The van der Waals surface area contributed by atoms with Gasteiger partial charge in [0.05, 0.1) is 22.9 Å². The van der Waals surface area contributed by atoms with Gasteiger partial charge in [-0.3, -0.25) is 0 Å². The first-order valence-electron chi connectivity index (χ1n) is 7.48. The van der Waals surface area contributed by atoms with E-state index in [1.54, 1.807) is 18.5 Å². The summed E-state index contributed by atoms with van der Waals surface area (Å²) >= 11 is 0. The van der Waals surface area contributed by atoms with Gasteiger partial charge in [-0.05, 0) is 36.8 Å². The first-order chi connectivity index (χ1) is 10.2. The molecule has 1 fully saturated rings. The van der Waals surface area contributed by atoms with Crippen LogP contribution in [0.3, 0.4) is 0 Å². The monoisotopic (exact) mass is 288 g/mol. The highest BCUT2D eigenvalue weighted by molar-refractivity contribution is 6.01. The Morgan fingerprint density at radius 2 is 2.05 bits per heavy atom. The van der Waals surface area contributed by atoms with Gasteiger partial charge in [0.2, 0.25) is 0 Å². The van der Waals surface area contributed by atoms with Crippen molar-refractivity contribution in [2.45, 2.75) is 32.2 Å². The van der Waals surface area contributed by atoms with Gasteiger partial charge < -0.3 is 14.8 Å². The van der Waals surface area contributed by atoms with Crippen LogP contribution in [0.5, 0.6) is 0 Å². The number of para-hydroxylation sites is 1. The van der Waals surface area contributed by atoms with E-state index in [1.807, 2.05) is 10.6 Å². The van der Waals surface area contributed by atoms with Crippen LogP contribution in [0, 0.1) is 11.8 Å². The molecule has 0 bridgehead atoms. The molecule has 2 aromatic rings. The van der Waals surface area contributed by atoms with Crippen molar-refractivity contribution < 1.29 is 15.0 Å². The van der Waals surface area contributed by atoms with Crippen LogP contribution in [0.4, 0.5) is 0 Å². The Morgan fingerprint density at radius 3 is 2.76 bits per heavy atom. The molecule has 1 aromatic heterocycles. The summed E-state index contributed by atoms with van der Waals surface area (Å²) in [6.07, 6.45) is 6.21. The molecule has 112 valence electrons. The van der Waals surface area contributed by atoms with E-state index in [0.29, 0.717) is 28.4 Å². The normalized spacial score (nSPS) is 22.5. The van der Waals surface area contributed by atoms with Gasteiger partial charge in [-0.25, -0.2) is 9.78 Å². The molecule has 1 heterocycles. The minimum atomic E-state index is -0.926. The first kappa shape index (κ1) is 14.1. The Morgan fingerprint density at radius 1 is 1.29 bits per heavy atom. The van der Waals surface area contributed by atoms with E-state index in [1.165, 1.54) is 12.8 Å². The number of fused-ring (bicyclic) bond motifs is 1. The molecule has 5 nitrogen and oxygen atoms in total. The van der Waals surface area contributed by atoms with Gasteiger partial charge in [0.25, 0.3) is 0 Å². The van der Waals surface area contributed by atoms with Crippen molar-refractivity contribution in [2.75, 3.05) is 6.61 Å². The summed E-state index contributed by atoms with van der Waals surface area (Å²) in [5.74, 6) is -0.221. The highest BCUT2D eigenvalue weighted by Gasteiger charge is 2.25. The van der Waals surface area contributed by atoms with Crippen LogP contribution < -0.4 is 0 Å². The van der Waals surface area contributed by atoms with E-state index in [-0.39, 0.29) is 6.61 Å². The van der Waals surface area contributed by atoms with Crippen LogP contribution in [0.25, 0.3) is 11.0 Å². The Balaban J connectivity index is 1.95. The summed E-state index contributed by atoms with van der Waals surface area (Å²) in [4.78, 5) is 15.7. The van der Waals surface area contributed by atoms with Crippen molar-refractivity contribution >= 4 is 17.0 Å². The molecule has 3 rings (SSSR count). The SMILES string of the molecule is O=C(O)c1cccc2ncn(CC3CCCCC3CO)c12. The molecule has 1 aliphatic carbocycles. The number of aromatic nitrogens is 2. The zero-order valence-electron chi connectivity index (χ0n) is 11.9. The van der Waals surface area contributed by atoms with E-state index in [0.717, 1.165) is 19.4 Å². The lowest BCUT2D eigenvalue weighted by molar-refractivity contribution is 0.0698. The van der Waals surface area contributed by atoms with Crippen molar-refractivity contribution in [3.8, 4) is 0 Å². The Bertz CT molecular complexity index is 650. The minimum Gasteiger partial charge on any atom is -0.478 e. The molecule has 5 heteroatoms. The second kappa shape index (κ2) is 5.85. The molecule has 21 heavy (non-hydrogen) atoms. The van der Waals surface area contributed by atoms with E-state index in [9.17, 15) is 15.0 Å². The number of benzene rings is 1. The number of carboxylic acid groups (broad SMARTS) is 1. The van der Waals surface area contributed by atoms with Crippen molar-refractivity contribution in [3.05, 3.63) is 30.1 Å². The Kier molecular flexibility index (Phi) is 3.92. The van der Waals surface area contributed by atoms with E-state index >= 15 is 0 Å². The number of carboxylic acids is 1. The summed E-state index contributed by atoms with van der Waals surface area (Å²) in [5, 5.41) is 18.9. The number of rotatable bonds is 4. The van der Waals surface area contributed by atoms with Crippen molar-refractivity contribution in [1.82, 2.24) is 9.55 Å². The second-order valence-electron chi connectivity index (χ2n) is 5.86. The smallest absolute Gasteiger partial charge is 0.337 e. The molecule has 0 amide bonds. The molecule has 2 atom stereocenters. The predicted octanol–water partition coefficient (Wildman–Crippen LogP) is 2.53. The van der Waals surface area contributed by atoms with Crippen molar-refractivity contribution in [1.29, 1.82) is 0 Å². The quantitative estimate of drug-likeness (QED) is 0.906. The fourth-order valence-electron chi connectivity index (χ4n) is 3.46. The van der Waals surface area contributed by atoms with Crippen LogP contribution in [0.15, 0.2) is 24.5 Å². The maximum Gasteiger partial charge on any atom is 0.337 e. The molecule has 2 N–H and O–H groups in total. The zero-order chi connectivity index (χ0) is 14.8. The largest absolute Gasteiger partial charge is 0.478 e. The maximum absolute atomic E-state index is 11.4. The lowest BCUT2D eigenvalue weighted by Crippen LogP contribution is -2.26. The first-order valence-corrected chi connectivity index (χ1v) is 7.48. The summed E-state index contributed by atoms with van der Waals surface area (Å²) in [7, 11) is 0. The number of hydrogen-bond donors (Lipinski definition) is 2. The Hall–Kier alpha value is -1.88. The van der Waals surface area contributed by atoms with E-state index in [2.05, 4.69) is 4.98 Å². The summed E-state index contributed by atoms with van der Waals surface area (Å²) in [5.41, 5.74) is 1.69. The zero-order valence-corrected chi connectivity index (χ0v) is 11.9. The molecule has 0 saturated heterocycles. The van der Waals surface area contributed by atoms with Gasteiger partial charge in [0.15, 0.2) is 0 Å². The minimum absolute atomic E-state index is 0.211. The number of aromatic carboxylic acids is 1. The van der Waals surface area contributed by atoms with Gasteiger partial charge in [0, 0.05) is 13.2 Å². The lowest BCUT2D eigenvalue weighted by Gasteiger charge is -2.30. The van der Waals surface area contributed by atoms with Gasteiger partial charge in [-0.1, -0.05) is 18.9 Å². The van der Waals surface area contributed by atoms with Crippen molar-refractivity contribution in [3.63, 3.8) is 0 Å². The number of aliphatic hydroxyl groups is 1. The van der Waals surface area contributed by atoms with Gasteiger partial charge in [-0.15, -0.1) is 0 Å². The highest BCUT2D eigenvalue weighted by Crippen LogP contribution is 2.32. The van der Waals surface area contributed by atoms with E-state index < -0.39 is 5.97 Å². The summed E-state index contributed by atoms with van der Waals surface area (Å²) in [6, 6.07) is 5.18. The molecule has 0 spiro atoms. The fourth-order valence-corrected chi connectivity index (χ4v) is 3.46. The standard InChI is InChI=1S/C16H20N2O3/c19-9-12-5-2-1-4-11(12)8-18-10-17-14-7-3-6-13(15(14)18)16(20)21/h3,6-7,10-12,19H,1-2,4-5,8-9H2,(H,20,21). The van der Waals surface area contributed by atoms with Gasteiger partial charge in [-0.2, -0.15) is 0 Å². The number of imidazole rings is 1. The average Bonchev–Trinajstić information content (AvgIpc) is 2.91. The van der Waals surface area contributed by atoms with E-state index in [4.69, 9.17) is 0 Å². The number of carbonyl (C=O) groups is 1. The number of aliphatic hydroxyl groups excluding tert-OH is 1.